The first-order valence-corrected chi connectivity index (χ1v) is 8.01. The highest BCUT2D eigenvalue weighted by molar-refractivity contribution is 5.92. The molecule has 0 aromatic heterocycles. The van der Waals surface area contributed by atoms with E-state index < -0.39 is 0 Å². The van der Waals surface area contributed by atoms with Crippen LogP contribution in [0.25, 0.3) is 0 Å². The molecule has 0 bridgehead atoms. The van der Waals surface area contributed by atoms with Gasteiger partial charge in [-0.1, -0.05) is 36.4 Å². The Kier molecular flexibility index (Phi) is 4.77. The van der Waals surface area contributed by atoms with Crippen LogP contribution in [0.1, 0.15) is 24.8 Å². The molecule has 0 saturated heterocycles. The van der Waals surface area contributed by atoms with E-state index in [0.29, 0.717) is 23.8 Å². The summed E-state index contributed by atoms with van der Waals surface area (Å²) in [6.45, 7) is 2.02. The quantitative estimate of drug-likeness (QED) is 0.782. The molecule has 1 aliphatic carbocycles. The Bertz CT molecular complexity index is 721. The first-order chi connectivity index (χ1) is 11.2. The number of carbonyl (C=O) groups excluding carboxylic acids is 1. The normalized spacial score (nSPS) is 16.3. The number of hydrogen-bond donors (Lipinski definition) is 1. The van der Waals surface area contributed by atoms with Crippen molar-refractivity contribution in [1.29, 1.82) is 0 Å². The number of hydrogen-bond acceptors (Lipinski definition) is 2. The van der Waals surface area contributed by atoms with Crippen molar-refractivity contribution >= 4 is 11.6 Å². The lowest BCUT2D eigenvalue weighted by Gasteiger charge is -2.13. The highest BCUT2D eigenvalue weighted by Crippen LogP contribution is 2.30. The number of anilines is 1. The number of ether oxygens (including phenoxy) is 1. The smallest absolute Gasteiger partial charge is 0.225 e. The third-order valence-electron chi connectivity index (χ3n) is 3.94. The minimum atomic E-state index is 0.0295. The summed E-state index contributed by atoms with van der Waals surface area (Å²) in [5.41, 5.74) is 1.85. The maximum absolute atomic E-state index is 12.2. The first kappa shape index (κ1) is 15.3. The van der Waals surface area contributed by atoms with Crippen molar-refractivity contribution in [1.82, 2.24) is 0 Å². The molecule has 118 valence electrons. The second kappa shape index (κ2) is 7.14. The number of carbonyl (C=O) groups is 1. The van der Waals surface area contributed by atoms with Crippen LogP contribution in [-0.2, 0) is 4.79 Å². The van der Waals surface area contributed by atoms with Crippen LogP contribution < -0.4 is 10.1 Å². The number of rotatable bonds is 5. The van der Waals surface area contributed by atoms with Crippen molar-refractivity contribution in [3.63, 3.8) is 0 Å². The van der Waals surface area contributed by atoms with Gasteiger partial charge in [-0.2, -0.15) is 0 Å². The summed E-state index contributed by atoms with van der Waals surface area (Å²) in [6.07, 6.45) is 6.94. The monoisotopic (exact) mass is 307 g/mol. The molecule has 23 heavy (non-hydrogen) atoms. The molecule has 1 unspecified atom stereocenters. The Balaban J connectivity index is 1.70. The molecule has 1 atom stereocenters. The van der Waals surface area contributed by atoms with Gasteiger partial charge in [0.2, 0.25) is 5.91 Å². The molecule has 2 aromatic carbocycles. The lowest BCUT2D eigenvalue weighted by molar-refractivity contribution is -0.116. The van der Waals surface area contributed by atoms with E-state index in [-0.39, 0.29) is 5.91 Å². The van der Waals surface area contributed by atoms with Gasteiger partial charge in [0.25, 0.3) is 0 Å². The SMILES string of the molecule is Cc1cccc(Oc2ccccc2NC(=O)CC2C=CCC2)c1. The fourth-order valence-corrected chi connectivity index (χ4v) is 2.77. The standard InChI is InChI=1S/C20H21NO2/c1-15-7-6-10-17(13-15)23-19-12-5-4-11-18(19)21-20(22)14-16-8-2-3-9-16/h2,4-8,10-13,16H,3,9,14H2,1H3,(H,21,22). The molecule has 0 spiro atoms. The van der Waals surface area contributed by atoms with E-state index in [1.165, 1.54) is 0 Å². The van der Waals surface area contributed by atoms with Crippen LogP contribution >= 0.6 is 0 Å². The molecule has 0 radical (unpaired) electrons. The summed E-state index contributed by atoms with van der Waals surface area (Å²) in [7, 11) is 0. The van der Waals surface area contributed by atoms with Crippen molar-refractivity contribution in [3.05, 3.63) is 66.2 Å². The number of benzene rings is 2. The van der Waals surface area contributed by atoms with E-state index >= 15 is 0 Å². The lowest BCUT2D eigenvalue weighted by Crippen LogP contribution is -2.15. The maximum atomic E-state index is 12.2. The Hall–Kier alpha value is -2.55. The zero-order valence-electron chi connectivity index (χ0n) is 13.3. The van der Waals surface area contributed by atoms with Crippen LogP contribution in [0, 0.1) is 12.8 Å². The van der Waals surface area contributed by atoms with Gasteiger partial charge in [0, 0.05) is 6.42 Å². The predicted octanol–water partition coefficient (Wildman–Crippen LogP) is 5.08. The molecule has 1 N–H and O–H groups in total. The molecule has 0 fully saturated rings. The molecule has 0 heterocycles. The molecule has 0 saturated carbocycles. The summed E-state index contributed by atoms with van der Waals surface area (Å²) < 4.78 is 5.93. The fourth-order valence-electron chi connectivity index (χ4n) is 2.77. The summed E-state index contributed by atoms with van der Waals surface area (Å²) in [5.74, 6) is 1.82. The molecule has 3 rings (SSSR count). The first-order valence-electron chi connectivity index (χ1n) is 8.01. The summed E-state index contributed by atoms with van der Waals surface area (Å²) in [5, 5.41) is 2.97. The van der Waals surface area contributed by atoms with Crippen LogP contribution in [0.3, 0.4) is 0 Å². The summed E-state index contributed by atoms with van der Waals surface area (Å²) >= 11 is 0. The van der Waals surface area contributed by atoms with Gasteiger partial charge in [-0.25, -0.2) is 0 Å². The molecule has 0 aliphatic heterocycles. The van der Waals surface area contributed by atoms with E-state index in [4.69, 9.17) is 4.74 Å². The lowest BCUT2D eigenvalue weighted by atomic mass is 10.1. The Morgan fingerprint density at radius 1 is 1.22 bits per heavy atom. The summed E-state index contributed by atoms with van der Waals surface area (Å²) in [4.78, 5) is 12.2. The van der Waals surface area contributed by atoms with Gasteiger partial charge in [0.1, 0.15) is 5.75 Å². The van der Waals surface area contributed by atoms with E-state index in [1.54, 1.807) is 0 Å². The van der Waals surface area contributed by atoms with E-state index in [2.05, 4.69) is 17.5 Å². The van der Waals surface area contributed by atoms with E-state index in [9.17, 15) is 4.79 Å². The van der Waals surface area contributed by atoms with Gasteiger partial charge in [0.05, 0.1) is 5.69 Å². The molecule has 2 aromatic rings. The number of para-hydroxylation sites is 2. The second-order valence-corrected chi connectivity index (χ2v) is 5.93. The van der Waals surface area contributed by atoms with Gasteiger partial charge in [-0.15, -0.1) is 0 Å². The largest absolute Gasteiger partial charge is 0.455 e. The number of allylic oxidation sites excluding steroid dienone is 2. The van der Waals surface area contributed by atoms with Crippen LogP contribution in [0.15, 0.2) is 60.7 Å². The maximum Gasteiger partial charge on any atom is 0.225 e. The Morgan fingerprint density at radius 2 is 2.09 bits per heavy atom. The fraction of sp³-hybridized carbons (Fsp3) is 0.250. The van der Waals surface area contributed by atoms with Crippen molar-refractivity contribution in [2.45, 2.75) is 26.2 Å². The minimum absolute atomic E-state index is 0.0295. The summed E-state index contributed by atoms with van der Waals surface area (Å²) in [6, 6.07) is 15.4. The molecule has 1 amide bonds. The zero-order valence-corrected chi connectivity index (χ0v) is 13.3. The molecular weight excluding hydrogens is 286 g/mol. The highest BCUT2D eigenvalue weighted by Gasteiger charge is 2.15. The topological polar surface area (TPSA) is 38.3 Å². The molecule has 1 aliphatic rings. The third-order valence-corrected chi connectivity index (χ3v) is 3.94. The van der Waals surface area contributed by atoms with Crippen molar-refractivity contribution < 1.29 is 9.53 Å². The zero-order chi connectivity index (χ0) is 16.1. The third kappa shape index (κ3) is 4.22. The minimum Gasteiger partial charge on any atom is -0.455 e. The Morgan fingerprint density at radius 3 is 2.87 bits per heavy atom. The van der Waals surface area contributed by atoms with Gasteiger partial charge in [0.15, 0.2) is 5.75 Å². The molecular formula is C20H21NO2. The predicted molar refractivity (Wildman–Crippen MR) is 92.8 cm³/mol. The van der Waals surface area contributed by atoms with Crippen molar-refractivity contribution in [2.24, 2.45) is 5.92 Å². The Labute approximate surface area is 137 Å². The van der Waals surface area contributed by atoms with Crippen LogP contribution in [0.2, 0.25) is 0 Å². The number of aryl methyl sites for hydroxylation is 1. The highest BCUT2D eigenvalue weighted by atomic mass is 16.5. The average Bonchev–Trinajstić information content (AvgIpc) is 3.02. The van der Waals surface area contributed by atoms with Gasteiger partial charge >= 0.3 is 0 Å². The van der Waals surface area contributed by atoms with Crippen molar-refractivity contribution in [3.8, 4) is 11.5 Å². The van der Waals surface area contributed by atoms with Gasteiger partial charge in [-0.05, 0) is 55.5 Å². The van der Waals surface area contributed by atoms with Crippen LogP contribution in [-0.4, -0.2) is 5.91 Å². The van der Waals surface area contributed by atoms with E-state index in [1.807, 2.05) is 55.5 Å². The van der Waals surface area contributed by atoms with Gasteiger partial charge < -0.3 is 10.1 Å². The second-order valence-electron chi connectivity index (χ2n) is 5.93. The number of amides is 1. The van der Waals surface area contributed by atoms with Crippen LogP contribution in [0.4, 0.5) is 5.69 Å². The van der Waals surface area contributed by atoms with E-state index in [0.717, 1.165) is 24.2 Å². The van der Waals surface area contributed by atoms with Gasteiger partial charge in [-0.3, -0.25) is 4.79 Å². The van der Waals surface area contributed by atoms with Crippen LogP contribution in [0.5, 0.6) is 11.5 Å². The number of nitrogens with one attached hydrogen (secondary N) is 1. The average molecular weight is 307 g/mol. The van der Waals surface area contributed by atoms with Crippen molar-refractivity contribution in [2.75, 3.05) is 5.32 Å². The molecule has 3 nitrogen and oxygen atoms in total. The molecule has 3 heteroatoms.